The highest BCUT2D eigenvalue weighted by molar-refractivity contribution is 5.94. The molecule has 2 aliphatic rings. The summed E-state index contributed by atoms with van der Waals surface area (Å²) in [5.41, 5.74) is 0.658. The maximum absolute atomic E-state index is 12.4. The van der Waals surface area contributed by atoms with E-state index in [1.807, 2.05) is 13.0 Å². The first-order valence-corrected chi connectivity index (χ1v) is 8.53. The van der Waals surface area contributed by atoms with Crippen LogP contribution in [0.3, 0.4) is 0 Å². The van der Waals surface area contributed by atoms with E-state index in [2.05, 4.69) is 10.2 Å². The quantitative estimate of drug-likeness (QED) is 0.937. The normalized spacial score (nSPS) is 25.5. The maximum Gasteiger partial charge on any atom is 0.290 e. The molecule has 2 aromatic rings. The molecule has 1 unspecified atom stereocenters. The minimum absolute atomic E-state index is 0.0112. The van der Waals surface area contributed by atoms with Crippen molar-refractivity contribution < 1.29 is 13.9 Å². The van der Waals surface area contributed by atoms with Crippen LogP contribution in [0.5, 0.6) is 11.7 Å². The van der Waals surface area contributed by atoms with Gasteiger partial charge in [-0.05, 0) is 62.6 Å². The number of rotatable bonds is 4. The van der Waals surface area contributed by atoms with E-state index < -0.39 is 0 Å². The van der Waals surface area contributed by atoms with Crippen LogP contribution in [-0.4, -0.2) is 36.5 Å². The van der Waals surface area contributed by atoms with Gasteiger partial charge >= 0.3 is 0 Å². The number of ether oxygens (including phenoxy) is 1. The molecule has 1 aromatic heterocycles. The molecule has 1 N–H and O–H groups in total. The number of aryl methyl sites for hydroxylation is 1. The number of carbonyl (C=O) groups is 1. The van der Waals surface area contributed by atoms with Gasteiger partial charge in [0.05, 0.1) is 0 Å². The minimum Gasteiger partial charge on any atom is -0.431 e. The second-order valence-corrected chi connectivity index (χ2v) is 6.81. The average molecular weight is 326 g/mol. The summed E-state index contributed by atoms with van der Waals surface area (Å²) in [6.07, 6.45) is 2.37. The fourth-order valence-electron chi connectivity index (χ4n) is 3.69. The lowest BCUT2D eigenvalue weighted by atomic mass is 9.96. The van der Waals surface area contributed by atoms with E-state index in [4.69, 9.17) is 9.15 Å². The Morgan fingerprint density at radius 2 is 2.04 bits per heavy atom. The molecule has 2 aliphatic heterocycles. The molecule has 2 bridgehead atoms. The van der Waals surface area contributed by atoms with Crippen LogP contribution in [0.2, 0.25) is 0 Å². The Kier molecular flexibility index (Phi) is 4.02. The van der Waals surface area contributed by atoms with Crippen molar-refractivity contribution >= 4 is 5.91 Å². The van der Waals surface area contributed by atoms with Gasteiger partial charge in [0, 0.05) is 30.8 Å². The lowest BCUT2D eigenvalue weighted by molar-refractivity contribution is 0.0909. The second kappa shape index (κ2) is 6.32. The molecule has 2 fully saturated rings. The highest BCUT2D eigenvalue weighted by Crippen LogP contribution is 2.27. The Balaban J connectivity index is 1.36. The van der Waals surface area contributed by atoms with Crippen molar-refractivity contribution in [3.8, 4) is 11.7 Å². The van der Waals surface area contributed by atoms with Crippen LogP contribution in [-0.2, 0) is 0 Å². The van der Waals surface area contributed by atoms with E-state index in [9.17, 15) is 4.79 Å². The van der Waals surface area contributed by atoms with E-state index in [1.54, 1.807) is 30.3 Å². The molecule has 0 spiro atoms. The predicted octanol–water partition coefficient (Wildman–Crippen LogP) is 3.20. The zero-order valence-electron chi connectivity index (χ0n) is 13.8. The lowest BCUT2D eigenvalue weighted by Gasteiger charge is -2.30. The van der Waals surface area contributed by atoms with Crippen LogP contribution in [0.1, 0.15) is 29.0 Å². The van der Waals surface area contributed by atoms with Gasteiger partial charge in [0.25, 0.3) is 11.9 Å². The van der Waals surface area contributed by atoms with Gasteiger partial charge in [0.15, 0.2) is 0 Å². The molecular weight excluding hydrogens is 304 g/mol. The molecule has 0 aliphatic carbocycles. The van der Waals surface area contributed by atoms with Crippen LogP contribution < -0.4 is 10.1 Å². The Labute approximate surface area is 141 Å². The number of carbonyl (C=O) groups excluding carboxylic acids is 1. The highest BCUT2D eigenvalue weighted by atomic mass is 16.6. The van der Waals surface area contributed by atoms with Gasteiger partial charge in [-0.25, -0.2) is 0 Å². The molecular formula is C19H22N2O3. The fraction of sp³-hybridized carbons (Fsp3) is 0.421. The Morgan fingerprint density at radius 3 is 2.75 bits per heavy atom. The van der Waals surface area contributed by atoms with Crippen molar-refractivity contribution in [2.75, 3.05) is 19.6 Å². The first-order chi connectivity index (χ1) is 11.7. The van der Waals surface area contributed by atoms with Gasteiger partial charge in [-0.1, -0.05) is 0 Å². The van der Waals surface area contributed by atoms with Crippen LogP contribution in [0, 0.1) is 12.8 Å². The third-order valence-corrected chi connectivity index (χ3v) is 4.85. The molecule has 3 atom stereocenters. The summed E-state index contributed by atoms with van der Waals surface area (Å²) >= 11 is 0. The first kappa shape index (κ1) is 15.3. The summed E-state index contributed by atoms with van der Waals surface area (Å²) in [6, 6.07) is 11.1. The van der Waals surface area contributed by atoms with Crippen molar-refractivity contribution in [1.29, 1.82) is 0 Å². The number of hydrogen-bond acceptors (Lipinski definition) is 4. The van der Waals surface area contributed by atoms with Crippen molar-refractivity contribution in [1.82, 2.24) is 10.2 Å². The Hall–Kier alpha value is -2.27. The van der Waals surface area contributed by atoms with Crippen molar-refractivity contribution in [3.05, 3.63) is 47.7 Å². The summed E-state index contributed by atoms with van der Waals surface area (Å²) in [5, 5.41) is 3.17. The zero-order valence-corrected chi connectivity index (χ0v) is 13.8. The molecule has 1 amide bonds. The van der Waals surface area contributed by atoms with Crippen LogP contribution >= 0.6 is 0 Å². The molecule has 5 heteroatoms. The zero-order chi connectivity index (χ0) is 16.5. The van der Waals surface area contributed by atoms with Crippen LogP contribution in [0.15, 0.2) is 40.8 Å². The molecule has 0 saturated carbocycles. The van der Waals surface area contributed by atoms with E-state index in [0.717, 1.165) is 24.6 Å². The molecule has 126 valence electrons. The third-order valence-electron chi connectivity index (χ3n) is 4.85. The van der Waals surface area contributed by atoms with Gasteiger partial charge < -0.3 is 19.4 Å². The van der Waals surface area contributed by atoms with E-state index in [1.165, 1.54) is 19.5 Å². The number of hydrogen-bond donors (Lipinski definition) is 1. The first-order valence-electron chi connectivity index (χ1n) is 8.53. The molecule has 1 aromatic carbocycles. The van der Waals surface area contributed by atoms with Crippen molar-refractivity contribution in [2.45, 2.75) is 25.8 Å². The Morgan fingerprint density at radius 1 is 1.21 bits per heavy atom. The molecule has 0 radical (unpaired) electrons. The maximum atomic E-state index is 12.4. The largest absolute Gasteiger partial charge is 0.431 e. The summed E-state index contributed by atoms with van der Waals surface area (Å²) in [5.74, 6) is 2.65. The van der Waals surface area contributed by atoms with Gasteiger partial charge in [-0.2, -0.15) is 0 Å². The van der Waals surface area contributed by atoms with E-state index in [0.29, 0.717) is 17.3 Å². The monoisotopic (exact) mass is 326 g/mol. The topological polar surface area (TPSA) is 54.7 Å². The van der Waals surface area contributed by atoms with Crippen molar-refractivity contribution in [2.24, 2.45) is 5.92 Å². The van der Waals surface area contributed by atoms with Gasteiger partial charge in [-0.3, -0.25) is 4.79 Å². The summed E-state index contributed by atoms with van der Waals surface area (Å²) in [4.78, 5) is 14.9. The number of nitrogens with zero attached hydrogens (tertiary/aromatic N) is 1. The molecule has 3 heterocycles. The highest BCUT2D eigenvalue weighted by Gasteiger charge is 2.32. The van der Waals surface area contributed by atoms with Gasteiger partial charge in [-0.15, -0.1) is 0 Å². The second-order valence-electron chi connectivity index (χ2n) is 6.81. The lowest BCUT2D eigenvalue weighted by Crippen LogP contribution is -2.46. The minimum atomic E-state index is -0.0112. The van der Waals surface area contributed by atoms with Gasteiger partial charge in [0.1, 0.15) is 11.5 Å². The molecule has 4 rings (SSSR count). The van der Waals surface area contributed by atoms with Crippen LogP contribution in [0.25, 0.3) is 0 Å². The molecule has 2 saturated heterocycles. The number of fused-ring (bicyclic) bond motifs is 2. The van der Waals surface area contributed by atoms with E-state index >= 15 is 0 Å². The number of furan rings is 1. The number of nitrogens with one attached hydrogen (secondary N) is 1. The number of benzene rings is 1. The average Bonchev–Trinajstić information content (AvgIpc) is 3.13. The summed E-state index contributed by atoms with van der Waals surface area (Å²) < 4.78 is 11.0. The molecule has 5 nitrogen and oxygen atoms in total. The molecule has 24 heavy (non-hydrogen) atoms. The smallest absolute Gasteiger partial charge is 0.290 e. The van der Waals surface area contributed by atoms with Crippen molar-refractivity contribution in [3.63, 3.8) is 0 Å². The summed E-state index contributed by atoms with van der Waals surface area (Å²) in [7, 11) is 0. The van der Waals surface area contributed by atoms with E-state index in [-0.39, 0.29) is 11.9 Å². The predicted molar refractivity (Wildman–Crippen MR) is 90.4 cm³/mol. The standard InChI is InChI=1S/C19H22N2O3/c1-13-2-7-18(23-13)24-17-5-3-15(4-6-17)19(22)20-16-10-14-8-9-21(11-14)12-16/h2-7,14,16H,8-12H2,1H3,(H,20,22)/t14-,16+/m0/s1. The van der Waals surface area contributed by atoms with Crippen LogP contribution in [0.4, 0.5) is 0 Å². The number of amides is 1. The van der Waals surface area contributed by atoms with Gasteiger partial charge in [0.2, 0.25) is 0 Å². The summed E-state index contributed by atoms with van der Waals surface area (Å²) in [6.45, 7) is 5.22. The third kappa shape index (κ3) is 3.31. The SMILES string of the molecule is Cc1ccc(Oc2ccc(C(=O)N[C@@H]3C[C@@H]4CCN(C4)C3)cc2)o1. The number of piperidine rings is 1. The Bertz CT molecular complexity index is 710. The fourth-order valence-corrected chi connectivity index (χ4v) is 3.69.